The molecule has 6 atom stereocenters. The number of hydrogen-bond acceptors (Lipinski definition) is 0. The van der Waals surface area contributed by atoms with Crippen LogP contribution < -0.4 is 0 Å². The van der Waals surface area contributed by atoms with Crippen LogP contribution in [0.2, 0.25) is 0 Å². The molecule has 0 saturated heterocycles. The molecule has 4 saturated carbocycles. The van der Waals surface area contributed by atoms with Crippen molar-refractivity contribution in [2.75, 3.05) is 0 Å². The molecule has 0 aromatic carbocycles. The van der Waals surface area contributed by atoms with Crippen molar-refractivity contribution >= 4 is 0 Å². The average Bonchev–Trinajstić information content (AvgIpc) is 2.72. The summed E-state index contributed by atoms with van der Waals surface area (Å²) in [6.45, 7) is 9.63. The van der Waals surface area contributed by atoms with E-state index in [-0.39, 0.29) is 0 Å². The Morgan fingerprint density at radius 1 is 0.950 bits per heavy atom. The van der Waals surface area contributed by atoms with E-state index in [4.69, 9.17) is 0 Å². The summed E-state index contributed by atoms with van der Waals surface area (Å²) in [6, 6.07) is 0. The van der Waals surface area contributed by atoms with Crippen molar-refractivity contribution in [3.8, 4) is 0 Å². The van der Waals surface area contributed by atoms with E-state index in [1.807, 2.05) is 0 Å². The molecule has 0 amide bonds. The Labute approximate surface area is 125 Å². The summed E-state index contributed by atoms with van der Waals surface area (Å²) in [5.74, 6) is 4.12. The first-order valence-electron chi connectivity index (χ1n) is 9.20. The summed E-state index contributed by atoms with van der Waals surface area (Å²) in [4.78, 5) is 0. The van der Waals surface area contributed by atoms with Crippen LogP contribution in [0.1, 0.15) is 78.1 Å². The van der Waals surface area contributed by atoms with Gasteiger partial charge in [0.1, 0.15) is 0 Å². The van der Waals surface area contributed by atoms with Gasteiger partial charge in [0.2, 0.25) is 0 Å². The predicted octanol–water partition coefficient (Wildman–Crippen LogP) is 5.98. The van der Waals surface area contributed by atoms with Crippen molar-refractivity contribution in [1.82, 2.24) is 0 Å². The second-order valence-corrected chi connectivity index (χ2v) is 9.23. The summed E-state index contributed by atoms with van der Waals surface area (Å²) in [5, 5.41) is 0. The van der Waals surface area contributed by atoms with Gasteiger partial charge < -0.3 is 0 Å². The van der Waals surface area contributed by atoms with E-state index in [2.05, 4.69) is 20.4 Å². The van der Waals surface area contributed by atoms with Gasteiger partial charge in [0.05, 0.1) is 0 Å². The lowest BCUT2D eigenvalue weighted by atomic mass is 9.45. The smallest absolute Gasteiger partial charge is 0.0255 e. The quantitative estimate of drug-likeness (QED) is 0.476. The maximum absolute atomic E-state index is 4.36. The van der Waals surface area contributed by atoms with Gasteiger partial charge in [-0.1, -0.05) is 38.8 Å². The van der Waals surface area contributed by atoms with Gasteiger partial charge in [-0.05, 0) is 85.9 Å². The van der Waals surface area contributed by atoms with Crippen LogP contribution in [0.3, 0.4) is 0 Å². The molecule has 4 aliphatic carbocycles. The van der Waals surface area contributed by atoms with Gasteiger partial charge in [-0.25, -0.2) is 0 Å². The minimum Gasteiger partial charge on any atom is -0.0998 e. The van der Waals surface area contributed by atoms with Gasteiger partial charge >= 0.3 is 0 Å². The maximum Gasteiger partial charge on any atom is -0.0255 e. The van der Waals surface area contributed by atoms with Crippen LogP contribution in [0.25, 0.3) is 0 Å². The Morgan fingerprint density at radius 2 is 1.80 bits per heavy atom. The lowest BCUT2D eigenvalue weighted by Crippen LogP contribution is -2.51. The van der Waals surface area contributed by atoms with Gasteiger partial charge in [0.25, 0.3) is 0 Å². The van der Waals surface area contributed by atoms with Crippen LogP contribution >= 0.6 is 0 Å². The zero-order chi connectivity index (χ0) is 14.0. The molecule has 0 heteroatoms. The first-order chi connectivity index (χ1) is 9.53. The van der Waals surface area contributed by atoms with Crippen molar-refractivity contribution in [2.24, 2.45) is 34.5 Å². The lowest BCUT2D eigenvalue weighted by Gasteiger charge is -2.59. The van der Waals surface area contributed by atoms with Crippen LogP contribution in [0, 0.1) is 34.5 Å². The van der Waals surface area contributed by atoms with Crippen LogP contribution in [0.15, 0.2) is 12.2 Å². The highest BCUT2D eigenvalue weighted by Crippen LogP contribution is 2.66. The molecule has 0 aromatic rings. The Balaban J connectivity index is 1.65. The topological polar surface area (TPSA) is 0 Å². The fourth-order valence-electron chi connectivity index (χ4n) is 7.26. The molecule has 0 N–H and O–H groups in total. The molecule has 4 fully saturated rings. The second-order valence-electron chi connectivity index (χ2n) is 9.23. The third-order valence-corrected chi connectivity index (χ3v) is 8.26. The summed E-state index contributed by atoms with van der Waals surface area (Å²) in [5.41, 5.74) is 2.89. The fourth-order valence-corrected chi connectivity index (χ4v) is 7.26. The highest BCUT2D eigenvalue weighted by molar-refractivity contribution is 5.16. The Hall–Kier alpha value is -0.260. The Morgan fingerprint density at radius 3 is 2.65 bits per heavy atom. The second kappa shape index (κ2) is 4.37. The van der Waals surface area contributed by atoms with Crippen molar-refractivity contribution in [3.05, 3.63) is 12.2 Å². The molecular formula is C20H32. The van der Waals surface area contributed by atoms with E-state index in [0.717, 1.165) is 23.7 Å². The molecule has 0 aromatic heterocycles. The van der Waals surface area contributed by atoms with Crippen LogP contribution in [-0.4, -0.2) is 0 Å². The summed E-state index contributed by atoms with van der Waals surface area (Å²) in [7, 11) is 0. The molecule has 6 unspecified atom stereocenters. The summed E-state index contributed by atoms with van der Waals surface area (Å²) >= 11 is 0. The molecule has 0 bridgehead atoms. The molecule has 4 rings (SSSR count). The van der Waals surface area contributed by atoms with Crippen LogP contribution in [0.5, 0.6) is 0 Å². The molecule has 112 valence electrons. The standard InChI is InChI=1S/C20H32/c1-14-12-18-16-8-7-15-6-4-5-10-20(15,3)17(16)9-11-19(18,2)13-14/h15-18H,1,4-13H2,2-3H3. The third kappa shape index (κ3) is 1.72. The fraction of sp³-hybridized carbons (Fsp3) is 0.900. The van der Waals surface area contributed by atoms with Crippen LogP contribution in [-0.2, 0) is 0 Å². The van der Waals surface area contributed by atoms with Gasteiger partial charge in [0, 0.05) is 0 Å². The van der Waals surface area contributed by atoms with Gasteiger partial charge in [-0.15, -0.1) is 0 Å². The molecule has 0 radical (unpaired) electrons. The highest BCUT2D eigenvalue weighted by Gasteiger charge is 2.57. The largest absolute Gasteiger partial charge is 0.0998 e. The summed E-state index contributed by atoms with van der Waals surface area (Å²) < 4.78 is 0. The van der Waals surface area contributed by atoms with Gasteiger partial charge in [-0.2, -0.15) is 0 Å². The third-order valence-electron chi connectivity index (χ3n) is 8.26. The van der Waals surface area contributed by atoms with E-state index in [0.29, 0.717) is 10.8 Å². The van der Waals surface area contributed by atoms with E-state index in [1.54, 1.807) is 12.0 Å². The SMILES string of the molecule is C=C1CC2C3CCC4CCCCC4(C)C3CCC2(C)C1. The van der Waals surface area contributed by atoms with Gasteiger partial charge in [0.15, 0.2) is 0 Å². The zero-order valence-corrected chi connectivity index (χ0v) is 13.6. The normalized spacial score (nSPS) is 55.0. The molecule has 20 heavy (non-hydrogen) atoms. The van der Waals surface area contributed by atoms with Crippen molar-refractivity contribution in [3.63, 3.8) is 0 Å². The highest BCUT2D eigenvalue weighted by atomic mass is 14.6. The Bertz CT molecular complexity index is 422. The first kappa shape index (κ1) is 13.4. The summed E-state index contributed by atoms with van der Waals surface area (Å²) in [6.07, 6.45) is 14.9. The first-order valence-corrected chi connectivity index (χ1v) is 9.20. The molecule has 0 spiro atoms. The molecule has 0 nitrogen and oxygen atoms in total. The number of allylic oxidation sites excluding steroid dienone is 1. The minimum absolute atomic E-state index is 0.621. The minimum atomic E-state index is 0.621. The van der Waals surface area contributed by atoms with Crippen molar-refractivity contribution < 1.29 is 0 Å². The van der Waals surface area contributed by atoms with E-state index >= 15 is 0 Å². The van der Waals surface area contributed by atoms with E-state index < -0.39 is 0 Å². The molecular weight excluding hydrogens is 240 g/mol. The molecule has 0 heterocycles. The van der Waals surface area contributed by atoms with Crippen molar-refractivity contribution in [1.29, 1.82) is 0 Å². The van der Waals surface area contributed by atoms with E-state index in [9.17, 15) is 0 Å². The van der Waals surface area contributed by atoms with E-state index in [1.165, 1.54) is 57.8 Å². The number of fused-ring (bicyclic) bond motifs is 5. The number of hydrogen-bond donors (Lipinski definition) is 0. The number of rotatable bonds is 0. The van der Waals surface area contributed by atoms with Crippen LogP contribution in [0.4, 0.5) is 0 Å². The molecule has 4 aliphatic rings. The monoisotopic (exact) mass is 272 g/mol. The average molecular weight is 272 g/mol. The predicted molar refractivity (Wildman–Crippen MR) is 85.5 cm³/mol. The zero-order valence-electron chi connectivity index (χ0n) is 13.6. The Kier molecular flexibility index (Phi) is 2.93. The molecule has 0 aliphatic heterocycles. The maximum atomic E-state index is 4.36. The lowest BCUT2D eigenvalue weighted by molar-refractivity contribution is -0.103. The van der Waals surface area contributed by atoms with Gasteiger partial charge in [-0.3, -0.25) is 0 Å². The van der Waals surface area contributed by atoms with Crippen molar-refractivity contribution in [2.45, 2.75) is 78.1 Å².